The maximum Gasteiger partial charge on any atom is 0.220 e. The molecule has 0 aliphatic carbocycles. The summed E-state index contributed by atoms with van der Waals surface area (Å²) in [7, 11) is 0. The van der Waals surface area contributed by atoms with Crippen LogP contribution in [0.25, 0.3) is 0 Å². The molecule has 1 atom stereocenters. The zero-order valence-electron chi connectivity index (χ0n) is 14.0. The molecule has 2 aromatic rings. The van der Waals surface area contributed by atoms with Crippen LogP contribution in [0.1, 0.15) is 48.1 Å². The van der Waals surface area contributed by atoms with Crippen molar-refractivity contribution in [3.63, 3.8) is 0 Å². The van der Waals surface area contributed by atoms with Crippen molar-refractivity contribution in [1.29, 1.82) is 0 Å². The van der Waals surface area contributed by atoms with E-state index < -0.39 is 0 Å². The second-order valence-corrected chi connectivity index (χ2v) is 6.01. The van der Waals surface area contributed by atoms with E-state index in [0.717, 1.165) is 12.0 Å². The molecule has 0 heterocycles. The van der Waals surface area contributed by atoms with E-state index in [1.54, 1.807) is 12.1 Å². The lowest BCUT2D eigenvalue weighted by molar-refractivity contribution is -0.121. The highest BCUT2D eigenvalue weighted by Crippen LogP contribution is 2.22. The van der Waals surface area contributed by atoms with Crippen molar-refractivity contribution >= 4 is 5.91 Å². The Morgan fingerprint density at radius 1 is 1.13 bits per heavy atom. The fourth-order valence-electron chi connectivity index (χ4n) is 2.79. The third-order valence-corrected chi connectivity index (χ3v) is 4.10. The number of rotatable bonds is 6. The molecule has 0 bridgehead atoms. The minimum Gasteiger partial charge on any atom is -0.349 e. The van der Waals surface area contributed by atoms with Gasteiger partial charge in [0.15, 0.2) is 0 Å². The molecule has 0 aliphatic rings. The molecular weight excluding hydrogens is 289 g/mol. The summed E-state index contributed by atoms with van der Waals surface area (Å²) < 4.78 is 12.9. The predicted octanol–water partition coefficient (Wildman–Crippen LogP) is 4.64. The molecule has 1 amide bonds. The molecule has 23 heavy (non-hydrogen) atoms. The molecule has 0 saturated carbocycles. The summed E-state index contributed by atoms with van der Waals surface area (Å²) in [6.07, 6.45) is 1.88. The van der Waals surface area contributed by atoms with Crippen molar-refractivity contribution < 1.29 is 9.18 Å². The Labute approximate surface area is 137 Å². The SMILES string of the molecule is CC[C@H](NC(=O)CCc1ccc(F)cc1)c1ccc(C)cc1C. The number of aryl methyl sites for hydroxylation is 3. The third kappa shape index (κ3) is 4.92. The van der Waals surface area contributed by atoms with Crippen LogP contribution < -0.4 is 5.32 Å². The molecule has 0 aromatic heterocycles. The topological polar surface area (TPSA) is 29.1 Å². The first-order chi connectivity index (χ1) is 11.0. The van der Waals surface area contributed by atoms with Gasteiger partial charge in [0.25, 0.3) is 0 Å². The average molecular weight is 313 g/mol. The molecule has 2 aromatic carbocycles. The van der Waals surface area contributed by atoms with Gasteiger partial charge < -0.3 is 5.32 Å². The molecule has 3 heteroatoms. The molecule has 1 N–H and O–H groups in total. The molecule has 2 nitrogen and oxygen atoms in total. The zero-order chi connectivity index (χ0) is 16.8. The van der Waals surface area contributed by atoms with E-state index in [9.17, 15) is 9.18 Å². The monoisotopic (exact) mass is 313 g/mol. The number of halogens is 1. The molecule has 0 unspecified atom stereocenters. The summed E-state index contributed by atoms with van der Waals surface area (Å²) in [5, 5.41) is 3.11. The van der Waals surface area contributed by atoms with Crippen LogP contribution in [-0.4, -0.2) is 5.91 Å². The predicted molar refractivity (Wildman–Crippen MR) is 91.8 cm³/mol. The average Bonchev–Trinajstić information content (AvgIpc) is 2.52. The van der Waals surface area contributed by atoms with E-state index in [-0.39, 0.29) is 17.8 Å². The number of hydrogen-bond donors (Lipinski definition) is 1. The summed E-state index contributed by atoms with van der Waals surface area (Å²) in [5.74, 6) is -0.222. The Bertz CT molecular complexity index is 664. The lowest BCUT2D eigenvalue weighted by Crippen LogP contribution is -2.28. The van der Waals surface area contributed by atoms with E-state index in [1.807, 2.05) is 0 Å². The molecule has 0 aliphatic heterocycles. The first-order valence-electron chi connectivity index (χ1n) is 8.10. The second kappa shape index (κ2) is 7.91. The summed E-state index contributed by atoms with van der Waals surface area (Å²) in [6.45, 7) is 6.22. The van der Waals surface area contributed by atoms with Crippen LogP contribution in [0.2, 0.25) is 0 Å². The molecule has 0 spiro atoms. The molecule has 122 valence electrons. The van der Waals surface area contributed by atoms with Crippen LogP contribution >= 0.6 is 0 Å². The van der Waals surface area contributed by atoms with Gasteiger partial charge in [0.1, 0.15) is 5.82 Å². The first kappa shape index (κ1) is 17.2. The molecule has 0 saturated heterocycles. The van der Waals surface area contributed by atoms with Crippen LogP contribution in [0.5, 0.6) is 0 Å². The van der Waals surface area contributed by atoms with Crippen molar-refractivity contribution in [2.45, 2.75) is 46.1 Å². The smallest absolute Gasteiger partial charge is 0.220 e. The van der Waals surface area contributed by atoms with Gasteiger partial charge in [-0.2, -0.15) is 0 Å². The number of hydrogen-bond acceptors (Lipinski definition) is 1. The summed E-state index contributed by atoms with van der Waals surface area (Å²) in [4.78, 5) is 12.2. The highest BCUT2D eigenvalue weighted by molar-refractivity contribution is 5.76. The van der Waals surface area contributed by atoms with Crippen LogP contribution in [0, 0.1) is 19.7 Å². The van der Waals surface area contributed by atoms with Gasteiger partial charge in [-0.25, -0.2) is 4.39 Å². The van der Waals surface area contributed by atoms with Gasteiger partial charge in [0, 0.05) is 6.42 Å². The van der Waals surface area contributed by atoms with Crippen molar-refractivity contribution in [2.24, 2.45) is 0 Å². The number of nitrogens with one attached hydrogen (secondary N) is 1. The van der Waals surface area contributed by atoms with Crippen molar-refractivity contribution in [3.8, 4) is 0 Å². The minimum atomic E-state index is -0.251. The van der Waals surface area contributed by atoms with Crippen molar-refractivity contribution in [2.75, 3.05) is 0 Å². The number of carbonyl (C=O) groups excluding carboxylic acids is 1. The van der Waals surface area contributed by atoms with Gasteiger partial charge in [-0.1, -0.05) is 42.8 Å². The minimum absolute atomic E-state index is 0.0288. The van der Waals surface area contributed by atoms with Crippen LogP contribution in [0.3, 0.4) is 0 Å². The number of benzene rings is 2. The maximum atomic E-state index is 12.9. The fraction of sp³-hybridized carbons (Fsp3) is 0.350. The normalized spacial score (nSPS) is 12.0. The lowest BCUT2D eigenvalue weighted by Gasteiger charge is -2.20. The lowest BCUT2D eigenvalue weighted by atomic mass is 9.97. The summed E-state index contributed by atoms with van der Waals surface area (Å²) >= 11 is 0. The van der Waals surface area contributed by atoms with Gasteiger partial charge in [-0.3, -0.25) is 4.79 Å². The second-order valence-electron chi connectivity index (χ2n) is 6.01. The summed E-state index contributed by atoms with van der Waals surface area (Å²) in [5.41, 5.74) is 4.58. The number of carbonyl (C=O) groups is 1. The van der Waals surface area contributed by atoms with Crippen LogP contribution in [0.15, 0.2) is 42.5 Å². The van der Waals surface area contributed by atoms with Gasteiger partial charge in [-0.05, 0) is 55.5 Å². The maximum absolute atomic E-state index is 12.9. The van der Waals surface area contributed by atoms with E-state index in [1.165, 1.54) is 28.8 Å². The van der Waals surface area contributed by atoms with Gasteiger partial charge in [0.2, 0.25) is 5.91 Å². The standard InChI is InChI=1S/C20H24FNO/c1-4-19(18-11-5-14(2)13-15(18)3)22-20(23)12-8-16-6-9-17(21)10-7-16/h5-7,9-11,13,19H,4,8,12H2,1-3H3,(H,22,23)/t19-/m0/s1. The number of amides is 1. The van der Waals surface area contributed by atoms with Crippen LogP contribution in [-0.2, 0) is 11.2 Å². The van der Waals surface area contributed by atoms with Gasteiger partial charge >= 0.3 is 0 Å². The van der Waals surface area contributed by atoms with Gasteiger partial charge in [0.05, 0.1) is 6.04 Å². The van der Waals surface area contributed by atoms with E-state index in [4.69, 9.17) is 0 Å². The third-order valence-electron chi connectivity index (χ3n) is 4.10. The Balaban J connectivity index is 1.95. The van der Waals surface area contributed by atoms with E-state index in [0.29, 0.717) is 12.8 Å². The van der Waals surface area contributed by atoms with Crippen molar-refractivity contribution in [1.82, 2.24) is 5.32 Å². The fourth-order valence-corrected chi connectivity index (χ4v) is 2.79. The van der Waals surface area contributed by atoms with E-state index in [2.05, 4.69) is 44.3 Å². The molecule has 2 rings (SSSR count). The highest BCUT2D eigenvalue weighted by atomic mass is 19.1. The molecule has 0 fully saturated rings. The Kier molecular flexibility index (Phi) is 5.91. The largest absolute Gasteiger partial charge is 0.349 e. The molecular formula is C20H24FNO. The Hall–Kier alpha value is -2.16. The van der Waals surface area contributed by atoms with Crippen molar-refractivity contribution in [3.05, 3.63) is 70.5 Å². The Morgan fingerprint density at radius 2 is 1.83 bits per heavy atom. The van der Waals surface area contributed by atoms with Crippen LogP contribution in [0.4, 0.5) is 4.39 Å². The van der Waals surface area contributed by atoms with Gasteiger partial charge in [-0.15, -0.1) is 0 Å². The highest BCUT2D eigenvalue weighted by Gasteiger charge is 2.14. The molecule has 0 radical (unpaired) electrons. The van der Waals surface area contributed by atoms with E-state index >= 15 is 0 Å². The first-order valence-corrected chi connectivity index (χ1v) is 8.10. The zero-order valence-corrected chi connectivity index (χ0v) is 14.0. The summed E-state index contributed by atoms with van der Waals surface area (Å²) in [6, 6.07) is 12.7. The quantitative estimate of drug-likeness (QED) is 0.827. The Morgan fingerprint density at radius 3 is 2.43 bits per heavy atom.